The first-order chi connectivity index (χ1) is 18.6. The maximum atomic E-state index is 12.8. The highest BCUT2D eigenvalue weighted by Gasteiger charge is 2.35. The number of nitrogens with two attached hydrogens (primary N) is 2. The van der Waals surface area contributed by atoms with E-state index in [0.717, 1.165) is 0 Å². The van der Waals surface area contributed by atoms with Gasteiger partial charge in [0.15, 0.2) is 0 Å². The summed E-state index contributed by atoms with van der Waals surface area (Å²) >= 11 is 4.05. The average Bonchev–Trinajstić information content (AvgIpc) is 2.88. The van der Waals surface area contributed by atoms with Crippen LogP contribution < -0.4 is 32.7 Å². The molecule has 4 amide bonds. The van der Waals surface area contributed by atoms with Crippen molar-refractivity contribution in [2.75, 3.05) is 13.1 Å². The van der Waals surface area contributed by atoms with E-state index in [2.05, 4.69) is 32.9 Å². The summed E-state index contributed by atoms with van der Waals surface area (Å²) in [5, 5.41) is 43.0. The molecule has 0 rings (SSSR count). The predicted molar refractivity (Wildman–Crippen MR) is 140 cm³/mol. The van der Waals surface area contributed by atoms with Crippen LogP contribution in [0.4, 0.5) is 0 Å². The van der Waals surface area contributed by atoms with Gasteiger partial charge in [-0.25, -0.2) is 0 Å². The number of carboxylic acids is 4. The molecule has 0 fully saturated rings. The van der Waals surface area contributed by atoms with Crippen molar-refractivity contribution in [1.29, 1.82) is 0 Å². The highest BCUT2D eigenvalue weighted by molar-refractivity contribution is 8.68. The van der Waals surface area contributed by atoms with Gasteiger partial charge >= 0.3 is 23.9 Å². The molecule has 5 atom stereocenters. The second-order valence-corrected chi connectivity index (χ2v) is 9.68. The van der Waals surface area contributed by atoms with Gasteiger partial charge in [-0.05, 0) is 19.3 Å². The van der Waals surface area contributed by atoms with E-state index in [4.69, 9.17) is 31.9 Å². The first-order valence-corrected chi connectivity index (χ1v) is 13.4. The monoisotopic (exact) mass is 612 g/mol. The maximum Gasteiger partial charge on any atom is 0.322 e. The van der Waals surface area contributed by atoms with Crippen LogP contribution in [0.1, 0.15) is 32.1 Å². The van der Waals surface area contributed by atoms with Crippen molar-refractivity contribution in [1.82, 2.24) is 21.3 Å². The van der Waals surface area contributed by atoms with Crippen LogP contribution in [-0.2, 0) is 38.4 Å². The number of aliphatic carboxylic acids is 4. The van der Waals surface area contributed by atoms with Gasteiger partial charge < -0.3 is 53.2 Å². The van der Waals surface area contributed by atoms with Crippen LogP contribution in [0.3, 0.4) is 0 Å². The zero-order valence-corrected chi connectivity index (χ0v) is 22.6. The van der Waals surface area contributed by atoms with E-state index in [-0.39, 0.29) is 12.8 Å². The SMILES string of the molecule is N[C@@H](CCC(=O)N[C@H](C(=O)NCC(=O)O)C(C[C@@H](NC(=O)CC[C@H](N)C(=O)O)C(=O)NCC(=O)O)SS)C(=O)O. The van der Waals surface area contributed by atoms with Crippen LogP contribution in [0, 0.1) is 0 Å². The Morgan fingerprint density at radius 1 is 0.700 bits per heavy atom. The molecule has 18 nitrogen and oxygen atoms in total. The molecule has 0 saturated carbocycles. The minimum Gasteiger partial charge on any atom is -0.480 e. The summed E-state index contributed by atoms with van der Waals surface area (Å²) < 4.78 is 0. The van der Waals surface area contributed by atoms with Crippen LogP contribution in [0.5, 0.6) is 0 Å². The molecule has 0 spiro atoms. The molecule has 0 aliphatic rings. The Hall–Kier alpha value is -3.62. The Bertz CT molecular complexity index is 968. The summed E-state index contributed by atoms with van der Waals surface area (Å²) in [6.45, 7) is -1.68. The average molecular weight is 613 g/mol. The summed E-state index contributed by atoms with van der Waals surface area (Å²) in [5.74, 6) is -9.29. The summed E-state index contributed by atoms with van der Waals surface area (Å²) in [5.41, 5.74) is 10.7. The highest BCUT2D eigenvalue weighted by atomic mass is 33.1. The number of hydrogen-bond acceptors (Lipinski definition) is 12. The molecule has 0 saturated heterocycles. The van der Waals surface area contributed by atoms with Gasteiger partial charge in [-0.1, -0.05) is 10.8 Å². The molecule has 1 unspecified atom stereocenters. The molecule has 0 heterocycles. The smallest absolute Gasteiger partial charge is 0.322 e. The van der Waals surface area contributed by atoms with E-state index in [9.17, 15) is 38.4 Å². The number of nitrogens with one attached hydrogen (secondary N) is 4. The van der Waals surface area contributed by atoms with E-state index in [0.29, 0.717) is 10.8 Å². The number of amides is 4. The molecule has 0 aromatic rings. The van der Waals surface area contributed by atoms with Crippen LogP contribution in [0.15, 0.2) is 0 Å². The van der Waals surface area contributed by atoms with Crippen LogP contribution in [0.2, 0.25) is 0 Å². The molecule has 0 aromatic carbocycles. The largest absolute Gasteiger partial charge is 0.480 e. The van der Waals surface area contributed by atoms with Gasteiger partial charge in [-0.15, -0.1) is 11.7 Å². The van der Waals surface area contributed by atoms with Gasteiger partial charge in [0.05, 0.1) is 0 Å². The van der Waals surface area contributed by atoms with Crippen molar-refractivity contribution < 1.29 is 58.8 Å². The van der Waals surface area contributed by atoms with Crippen molar-refractivity contribution in [3.63, 3.8) is 0 Å². The lowest BCUT2D eigenvalue weighted by Gasteiger charge is -2.28. The van der Waals surface area contributed by atoms with E-state index >= 15 is 0 Å². The zero-order valence-electron chi connectivity index (χ0n) is 20.9. The Kier molecular flexibility index (Phi) is 16.9. The normalized spacial score (nSPS) is 14.4. The molecular weight excluding hydrogens is 580 g/mol. The van der Waals surface area contributed by atoms with Gasteiger partial charge in [0.25, 0.3) is 0 Å². The van der Waals surface area contributed by atoms with Gasteiger partial charge in [0.2, 0.25) is 23.6 Å². The van der Waals surface area contributed by atoms with Crippen molar-refractivity contribution in [3.05, 3.63) is 0 Å². The fourth-order valence-corrected chi connectivity index (χ4v) is 4.14. The fourth-order valence-electron chi connectivity index (χ4n) is 2.92. The number of rotatable bonds is 20. The van der Waals surface area contributed by atoms with Crippen LogP contribution in [-0.4, -0.2) is 110 Å². The van der Waals surface area contributed by atoms with E-state index in [1.165, 1.54) is 0 Å². The van der Waals surface area contributed by atoms with Crippen LogP contribution in [0.25, 0.3) is 0 Å². The number of hydrogen-bond donors (Lipinski definition) is 11. The Labute approximate surface area is 236 Å². The number of carboxylic acid groups (broad SMARTS) is 4. The third-order valence-corrected chi connectivity index (χ3v) is 6.60. The summed E-state index contributed by atoms with van der Waals surface area (Å²) in [4.78, 5) is 93.9. The molecule has 0 aliphatic carbocycles. The van der Waals surface area contributed by atoms with Gasteiger partial charge in [-0.3, -0.25) is 38.4 Å². The van der Waals surface area contributed by atoms with Crippen molar-refractivity contribution in [3.8, 4) is 0 Å². The van der Waals surface area contributed by atoms with E-state index in [1.54, 1.807) is 0 Å². The molecule has 0 radical (unpaired) electrons. The first-order valence-electron chi connectivity index (χ1n) is 11.4. The predicted octanol–water partition coefficient (Wildman–Crippen LogP) is -3.92. The first kappa shape index (κ1) is 36.4. The van der Waals surface area contributed by atoms with Gasteiger partial charge in [0, 0.05) is 18.1 Å². The topological polar surface area (TPSA) is 318 Å². The third kappa shape index (κ3) is 15.1. The highest BCUT2D eigenvalue weighted by Crippen LogP contribution is 2.24. The van der Waals surface area contributed by atoms with Gasteiger partial charge in [0.1, 0.15) is 37.3 Å². The molecule has 0 aromatic heterocycles. The van der Waals surface area contributed by atoms with Crippen molar-refractivity contribution >= 4 is 70.0 Å². The molecular formula is C20H32N6O12S2. The van der Waals surface area contributed by atoms with E-state index < -0.39 is 109 Å². The Morgan fingerprint density at radius 3 is 1.52 bits per heavy atom. The van der Waals surface area contributed by atoms with Crippen LogP contribution >= 0.6 is 22.5 Å². The van der Waals surface area contributed by atoms with Crippen molar-refractivity contribution in [2.45, 2.75) is 61.5 Å². The lowest BCUT2D eigenvalue weighted by molar-refractivity contribution is -0.140. The maximum absolute atomic E-state index is 12.8. The second-order valence-electron chi connectivity index (χ2n) is 8.23. The number of carbonyl (C=O) groups excluding carboxylic acids is 4. The molecule has 0 bridgehead atoms. The lowest BCUT2D eigenvalue weighted by atomic mass is 10.0. The standard InChI is InChI=1S/C20H32N6O12S2/c21-8(19(35)36)1-3-12(27)25-10(17(33)23-6-14(29)30)5-11(40-39)16(18(34)24-7-15(31)32)26-13(28)4-2-9(22)20(37)38/h8-11,16,39H,1-7,21-22H2,(H,23,33)(H,24,34)(H,25,27)(H,26,28)(H,29,30)(H,31,32)(H,35,36)(H,37,38)/t8-,9-,10+,11?,16-/m0/s1. The minimum atomic E-state index is -1.57. The third-order valence-electron chi connectivity index (χ3n) is 5.05. The second kappa shape index (κ2) is 18.6. The van der Waals surface area contributed by atoms with Gasteiger partial charge in [-0.2, -0.15) is 0 Å². The lowest BCUT2D eigenvalue weighted by Crippen LogP contribution is -2.56. The molecule has 40 heavy (non-hydrogen) atoms. The Morgan fingerprint density at radius 2 is 1.12 bits per heavy atom. The minimum absolute atomic E-state index is 0.301. The number of thiol groups is 1. The summed E-state index contributed by atoms with van der Waals surface area (Å²) in [6.07, 6.45) is -1.94. The molecule has 0 aliphatic heterocycles. The number of carbonyl (C=O) groups is 8. The fraction of sp³-hybridized carbons (Fsp3) is 0.600. The summed E-state index contributed by atoms with van der Waals surface area (Å²) in [6, 6.07) is -5.85. The van der Waals surface area contributed by atoms with Crippen molar-refractivity contribution in [2.24, 2.45) is 11.5 Å². The Balaban J connectivity index is 5.90. The molecule has 20 heteroatoms. The molecule has 226 valence electrons. The summed E-state index contributed by atoms with van der Waals surface area (Å²) in [7, 11) is 0.639. The molecule has 12 N–H and O–H groups in total. The zero-order chi connectivity index (χ0) is 31.0. The van der Waals surface area contributed by atoms with E-state index in [1.807, 2.05) is 0 Å². The quantitative estimate of drug-likeness (QED) is 0.0462.